The molecule has 0 aliphatic carbocycles. The summed E-state index contributed by atoms with van der Waals surface area (Å²) in [5, 5.41) is 0.704. The summed E-state index contributed by atoms with van der Waals surface area (Å²) in [6.45, 7) is 6.91. The third-order valence-corrected chi connectivity index (χ3v) is 6.25. The Morgan fingerprint density at radius 3 is 2.48 bits per heavy atom. The molecular formula is C23H29ClN4O. The highest BCUT2D eigenvalue weighted by Crippen LogP contribution is 2.31. The Morgan fingerprint density at radius 2 is 1.76 bits per heavy atom. The molecule has 2 aromatic carbocycles. The molecule has 0 radical (unpaired) electrons. The van der Waals surface area contributed by atoms with Crippen LogP contribution in [0.2, 0.25) is 5.02 Å². The van der Waals surface area contributed by atoms with E-state index in [2.05, 4.69) is 22.9 Å². The fourth-order valence-corrected chi connectivity index (χ4v) is 4.40. The smallest absolute Gasteiger partial charge is 0.256 e. The lowest BCUT2D eigenvalue weighted by molar-refractivity contribution is 0.0767. The number of nitrogens with two attached hydrogens (primary N) is 1. The average Bonchev–Trinajstić information content (AvgIpc) is 3.01. The van der Waals surface area contributed by atoms with E-state index in [9.17, 15) is 4.79 Å². The number of halogens is 1. The summed E-state index contributed by atoms with van der Waals surface area (Å²) in [5.41, 5.74) is 10.9. The molecule has 0 saturated carbocycles. The van der Waals surface area contributed by atoms with E-state index in [1.54, 1.807) is 0 Å². The monoisotopic (exact) mass is 412 g/mol. The normalized spacial score (nSPS) is 17.7. The summed E-state index contributed by atoms with van der Waals surface area (Å²) < 4.78 is 0. The number of hydrogen-bond acceptors (Lipinski definition) is 4. The Labute approximate surface area is 178 Å². The van der Waals surface area contributed by atoms with Gasteiger partial charge in [0.1, 0.15) is 0 Å². The molecule has 29 heavy (non-hydrogen) atoms. The van der Waals surface area contributed by atoms with Crippen molar-refractivity contribution in [3.63, 3.8) is 0 Å². The molecule has 6 heteroatoms. The fraction of sp³-hybridized carbons (Fsp3) is 0.435. The van der Waals surface area contributed by atoms with Crippen LogP contribution in [0, 0.1) is 0 Å². The van der Waals surface area contributed by atoms with Gasteiger partial charge in [0.25, 0.3) is 5.91 Å². The predicted octanol–water partition coefficient (Wildman–Crippen LogP) is 3.26. The number of hydrogen-bond donors (Lipinski definition) is 1. The van der Waals surface area contributed by atoms with Gasteiger partial charge in [-0.05, 0) is 61.3 Å². The quantitative estimate of drug-likeness (QED) is 0.740. The van der Waals surface area contributed by atoms with Crippen LogP contribution in [0.1, 0.15) is 33.5 Å². The SMILES string of the molecule is CN1CCN(CCCc2cc(N)c3c(c2)CN(Cc2ccc(Cl)cc2)C3=O)CC1. The lowest BCUT2D eigenvalue weighted by atomic mass is 10.0. The zero-order chi connectivity index (χ0) is 20.4. The molecule has 0 atom stereocenters. The first-order chi connectivity index (χ1) is 14.0. The number of piperazine rings is 1. The Kier molecular flexibility index (Phi) is 6.09. The second kappa shape index (κ2) is 8.74. The summed E-state index contributed by atoms with van der Waals surface area (Å²) >= 11 is 5.96. The summed E-state index contributed by atoms with van der Waals surface area (Å²) in [6.07, 6.45) is 2.11. The standard InChI is InChI=1S/C23H29ClN4O/c1-26-9-11-27(12-10-26)8-2-3-18-13-19-16-28(23(29)22(19)21(25)14-18)15-17-4-6-20(24)7-5-17/h4-7,13-14H,2-3,8-12,15-16,25H2,1H3. The number of nitrogens with zero attached hydrogens (tertiary/aromatic N) is 3. The number of likely N-dealkylation sites (N-methyl/N-ethyl adjacent to an activating group) is 1. The molecule has 2 N–H and O–H groups in total. The number of aryl methyl sites for hydroxylation is 1. The molecule has 1 fully saturated rings. The van der Waals surface area contributed by atoms with E-state index in [0.717, 1.165) is 56.7 Å². The first-order valence-electron chi connectivity index (χ1n) is 10.4. The first kappa shape index (κ1) is 20.2. The zero-order valence-electron chi connectivity index (χ0n) is 17.0. The van der Waals surface area contributed by atoms with Crippen LogP contribution in [-0.4, -0.2) is 60.4 Å². The van der Waals surface area contributed by atoms with Crippen molar-refractivity contribution in [1.29, 1.82) is 0 Å². The van der Waals surface area contributed by atoms with Crippen molar-refractivity contribution >= 4 is 23.2 Å². The number of carbonyl (C=O) groups excluding carboxylic acids is 1. The van der Waals surface area contributed by atoms with Gasteiger partial charge in [0.15, 0.2) is 0 Å². The van der Waals surface area contributed by atoms with Crippen molar-refractivity contribution < 1.29 is 4.79 Å². The Morgan fingerprint density at radius 1 is 1.03 bits per heavy atom. The Balaban J connectivity index is 1.37. The van der Waals surface area contributed by atoms with Crippen molar-refractivity contribution in [3.05, 3.63) is 63.7 Å². The van der Waals surface area contributed by atoms with E-state index >= 15 is 0 Å². The first-order valence-corrected chi connectivity index (χ1v) is 10.7. The molecular weight excluding hydrogens is 384 g/mol. The summed E-state index contributed by atoms with van der Waals surface area (Å²) in [6, 6.07) is 11.8. The maximum atomic E-state index is 12.9. The second-order valence-electron chi connectivity index (χ2n) is 8.26. The van der Waals surface area contributed by atoms with Gasteiger partial charge in [-0.15, -0.1) is 0 Å². The molecule has 0 spiro atoms. The lowest BCUT2D eigenvalue weighted by Gasteiger charge is -2.32. The van der Waals surface area contributed by atoms with Crippen molar-refractivity contribution in [1.82, 2.24) is 14.7 Å². The minimum atomic E-state index is 0.0245. The van der Waals surface area contributed by atoms with Gasteiger partial charge < -0.3 is 20.4 Å². The van der Waals surface area contributed by atoms with Gasteiger partial charge in [-0.2, -0.15) is 0 Å². The number of carbonyl (C=O) groups is 1. The van der Waals surface area contributed by atoms with Crippen LogP contribution in [0.5, 0.6) is 0 Å². The van der Waals surface area contributed by atoms with E-state index in [1.807, 2.05) is 35.2 Å². The van der Waals surface area contributed by atoms with Crippen molar-refractivity contribution in [2.75, 3.05) is 45.5 Å². The molecule has 1 saturated heterocycles. The summed E-state index contributed by atoms with van der Waals surface area (Å²) in [5.74, 6) is 0.0245. The van der Waals surface area contributed by atoms with Crippen molar-refractivity contribution in [2.24, 2.45) is 0 Å². The predicted molar refractivity (Wildman–Crippen MR) is 118 cm³/mol. The highest BCUT2D eigenvalue weighted by atomic mass is 35.5. The van der Waals surface area contributed by atoms with E-state index in [4.69, 9.17) is 17.3 Å². The van der Waals surface area contributed by atoms with Gasteiger partial charge in [0.2, 0.25) is 0 Å². The number of fused-ring (bicyclic) bond motifs is 1. The molecule has 0 unspecified atom stereocenters. The molecule has 5 nitrogen and oxygen atoms in total. The van der Waals surface area contributed by atoms with Crippen LogP contribution in [0.3, 0.4) is 0 Å². The fourth-order valence-electron chi connectivity index (χ4n) is 4.28. The lowest BCUT2D eigenvalue weighted by Crippen LogP contribution is -2.44. The average molecular weight is 413 g/mol. The van der Waals surface area contributed by atoms with Gasteiger partial charge >= 0.3 is 0 Å². The van der Waals surface area contributed by atoms with Crippen molar-refractivity contribution in [2.45, 2.75) is 25.9 Å². The second-order valence-corrected chi connectivity index (χ2v) is 8.69. The molecule has 2 aliphatic rings. The molecule has 0 bridgehead atoms. The van der Waals surface area contributed by atoms with Crippen LogP contribution in [0.4, 0.5) is 5.69 Å². The maximum absolute atomic E-state index is 12.9. The molecule has 2 aromatic rings. The zero-order valence-corrected chi connectivity index (χ0v) is 17.8. The van der Waals surface area contributed by atoms with Gasteiger partial charge in [0.05, 0.1) is 5.56 Å². The summed E-state index contributed by atoms with van der Waals surface area (Å²) in [7, 11) is 2.18. The van der Waals surface area contributed by atoms with E-state index in [1.165, 1.54) is 5.56 Å². The highest BCUT2D eigenvalue weighted by Gasteiger charge is 2.30. The highest BCUT2D eigenvalue weighted by molar-refractivity contribution is 6.30. The van der Waals surface area contributed by atoms with Gasteiger partial charge in [-0.3, -0.25) is 4.79 Å². The maximum Gasteiger partial charge on any atom is 0.256 e. The summed E-state index contributed by atoms with van der Waals surface area (Å²) in [4.78, 5) is 19.6. The third-order valence-electron chi connectivity index (χ3n) is 5.99. The Hall–Kier alpha value is -2.08. The molecule has 2 heterocycles. The molecule has 4 rings (SSSR count). The van der Waals surface area contributed by atoms with Gasteiger partial charge in [0, 0.05) is 50.0 Å². The van der Waals surface area contributed by atoms with E-state index < -0.39 is 0 Å². The molecule has 0 aromatic heterocycles. The molecule has 2 aliphatic heterocycles. The van der Waals surface area contributed by atoms with E-state index in [-0.39, 0.29) is 5.91 Å². The number of anilines is 1. The van der Waals surface area contributed by atoms with Crippen LogP contribution in [-0.2, 0) is 19.5 Å². The topological polar surface area (TPSA) is 52.8 Å². The minimum absolute atomic E-state index is 0.0245. The van der Waals surface area contributed by atoms with Crippen LogP contribution >= 0.6 is 11.6 Å². The Bertz CT molecular complexity index is 875. The molecule has 154 valence electrons. The van der Waals surface area contributed by atoms with Crippen molar-refractivity contribution in [3.8, 4) is 0 Å². The minimum Gasteiger partial charge on any atom is -0.398 e. The third kappa shape index (κ3) is 4.74. The van der Waals surface area contributed by atoms with E-state index in [0.29, 0.717) is 29.4 Å². The molecule has 1 amide bonds. The van der Waals surface area contributed by atoms with Gasteiger partial charge in [-0.1, -0.05) is 29.8 Å². The number of benzene rings is 2. The van der Waals surface area contributed by atoms with Gasteiger partial charge in [-0.25, -0.2) is 0 Å². The largest absolute Gasteiger partial charge is 0.398 e. The number of nitrogen functional groups attached to an aromatic ring is 1. The van der Waals surface area contributed by atoms with Crippen LogP contribution < -0.4 is 5.73 Å². The van der Waals surface area contributed by atoms with Crippen LogP contribution in [0.25, 0.3) is 0 Å². The number of rotatable bonds is 6. The number of amides is 1. The van der Waals surface area contributed by atoms with Crippen LogP contribution in [0.15, 0.2) is 36.4 Å².